The van der Waals surface area contributed by atoms with Gasteiger partial charge in [0.05, 0.1) is 0 Å². The van der Waals surface area contributed by atoms with Crippen LogP contribution >= 0.6 is 0 Å². The van der Waals surface area contributed by atoms with Gasteiger partial charge in [0.15, 0.2) is 11.6 Å². The number of ketones is 1. The lowest BCUT2D eigenvalue weighted by Crippen LogP contribution is -2.04. The van der Waals surface area contributed by atoms with Crippen molar-refractivity contribution in [1.29, 1.82) is 0 Å². The van der Waals surface area contributed by atoms with E-state index in [0.29, 0.717) is 17.1 Å². The molecule has 0 aliphatic heterocycles. The molecular weight excluding hydrogens is 316 g/mol. The van der Waals surface area contributed by atoms with Crippen LogP contribution in [0.25, 0.3) is 11.4 Å². The highest BCUT2D eigenvalue weighted by molar-refractivity contribution is 5.97. The first-order valence-corrected chi connectivity index (χ1v) is 7.80. The minimum absolute atomic E-state index is 0.0303. The molecule has 124 valence electrons. The minimum Gasteiger partial charge on any atom is -0.427 e. The number of aromatic nitrogens is 2. The molecule has 1 heterocycles. The molecule has 0 amide bonds. The van der Waals surface area contributed by atoms with Crippen LogP contribution in [-0.4, -0.2) is 21.7 Å². The molecule has 0 aliphatic carbocycles. The Kier molecular flexibility index (Phi) is 4.95. The Bertz CT molecular complexity index is 873. The van der Waals surface area contributed by atoms with E-state index in [9.17, 15) is 9.59 Å². The van der Waals surface area contributed by atoms with Gasteiger partial charge >= 0.3 is 5.97 Å². The fraction of sp³-hybridized carbons (Fsp3) is 0.100. The molecule has 0 saturated carbocycles. The zero-order valence-corrected chi connectivity index (χ0v) is 13.7. The predicted octanol–water partition coefficient (Wildman–Crippen LogP) is 3.49. The summed E-state index contributed by atoms with van der Waals surface area (Å²) < 4.78 is 4.99. The van der Waals surface area contributed by atoms with Gasteiger partial charge in [0.25, 0.3) is 0 Å². The highest BCUT2D eigenvalue weighted by Crippen LogP contribution is 2.19. The van der Waals surface area contributed by atoms with Crippen LogP contribution < -0.4 is 4.74 Å². The molecule has 5 heteroatoms. The Morgan fingerprint density at radius 3 is 2.16 bits per heavy atom. The minimum atomic E-state index is -0.364. The summed E-state index contributed by atoms with van der Waals surface area (Å²) in [6, 6.07) is 16.1. The average molecular weight is 332 g/mol. The van der Waals surface area contributed by atoms with Crippen LogP contribution in [0.1, 0.15) is 22.8 Å². The van der Waals surface area contributed by atoms with Gasteiger partial charge in [-0.15, -0.1) is 0 Å². The number of carbonyl (C=O) groups is 2. The SMILES string of the molecule is CC(=O)Oc1ccc(-c2ncc(CC(=O)c3ccccc3)cn2)cc1. The van der Waals surface area contributed by atoms with Gasteiger partial charge in [0.1, 0.15) is 5.75 Å². The van der Waals surface area contributed by atoms with E-state index in [0.717, 1.165) is 11.1 Å². The second-order valence-electron chi connectivity index (χ2n) is 5.50. The molecule has 5 nitrogen and oxygen atoms in total. The fourth-order valence-electron chi connectivity index (χ4n) is 2.34. The molecule has 0 N–H and O–H groups in total. The highest BCUT2D eigenvalue weighted by atomic mass is 16.5. The predicted molar refractivity (Wildman–Crippen MR) is 93.3 cm³/mol. The maximum atomic E-state index is 12.2. The molecule has 1 aromatic heterocycles. The average Bonchev–Trinajstić information content (AvgIpc) is 2.63. The van der Waals surface area contributed by atoms with Crippen molar-refractivity contribution in [2.24, 2.45) is 0 Å². The van der Waals surface area contributed by atoms with Crippen molar-refractivity contribution >= 4 is 11.8 Å². The smallest absolute Gasteiger partial charge is 0.308 e. The first kappa shape index (κ1) is 16.5. The number of hydrogen-bond acceptors (Lipinski definition) is 5. The second-order valence-corrected chi connectivity index (χ2v) is 5.50. The molecule has 0 fully saturated rings. The van der Waals surface area contributed by atoms with Gasteiger partial charge < -0.3 is 4.74 Å². The van der Waals surface area contributed by atoms with E-state index in [2.05, 4.69) is 9.97 Å². The first-order valence-electron chi connectivity index (χ1n) is 7.80. The molecule has 0 spiro atoms. The number of ether oxygens (including phenoxy) is 1. The number of nitrogens with zero attached hydrogens (tertiary/aromatic N) is 2. The van der Waals surface area contributed by atoms with Crippen molar-refractivity contribution in [1.82, 2.24) is 9.97 Å². The molecule has 0 radical (unpaired) electrons. The molecule has 3 aromatic rings. The largest absolute Gasteiger partial charge is 0.427 e. The molecule has 0 unspecified atom stereocenters. The van der Waals surface area contributed by atoms with Crippen molar-refractivity contribution in [2.45, 2.75) is 13.3 Å². The van der Waals surface area contributed by atoms with Crippen LogP contribution in [0.4, 0.5) is 0 Å². The van der Waals surface area contributed by atoms with Crippen LogP contribution in [0.2, 0.25) is 0 Å². The lowest BCUT2D eigenvalue weighted by atomic mass is 10.1. The summed E-state index contributed by atoms with van der Waals surface area (Å²) in [5.74, 6) is 0.686. The Morgan fingerprint density at radius 2 is 1.56 bits per heavy atom. The summed E-state index contributed by atoms with van der Waals surface area (Å²) in [4.78, 5) is 31.7. The fourth-order valence-corrected chi connectivity index (χ4v) is 2.34. The summed E-state index contributed by atoms with van der Waals surface area (Å²) in [6.07, 6.45) is 3.57. The second kappa shape index (κ2) is 7.49. The van der Waals surface area contributed by atoms with Gasteiger partial charge in [0, 0.05) is 36.9 Å². The number of rotatable bonds is 5. The van der Waals surface area contributed by atoms with Crippen LogP contribution in [0.15, 0.2) is 67.0 Å². The Labute approximate surface area is 145 Å². The third-order valence-corrected chi connectivity index (χ3v) is 3.54. The van der Waals surface area contributed by atoms with E-state index in [1.165, 1.54) is 6.92 Å². The molecule has 0 atom stereocenters. The molecular formula is C20H16N2O3. The van der Waals surface area contributed by atoms with Crippen molar-refractivity contribution < 1.29 is 14.3 Å². The van der Waals surface area contributed by atoms with Crippen molar-refractivity contribution in [3.63, 3.8) is 0 Å². The zero-order valence-electron chi connectivity index (χ0n) is 13.7. The topological polar surface area (TPSA) is 69.2 Å². The zero-order chi connectivity index (χ0) is 17.6. The van der Waals surface area contributed by atoms with Crippen LogP contribution in [0.3, 0.4) is 0 Å². The van der Waals surface area contributed by atoms with E-state index < -0.39 is 0 Å². The van der Waals surface area contributed by atoms with Crippen molar-refractivity contribution in [3.05, 3.63) is 78.1 Å². The van der Waals surface area contributed by atoms with Crippen LogP contribution in [0, 0.1) is 0 Å². The highest BCUT2D eigenvalue weighted by Gasteiger charge is 2.08. The molecule has 25 heavy (non-hydrogen) atoms. The number of carbonyl (C=O) groups excluding carboxylic acids is 2. The Balaban J connectivity index is 1.69. The summed E-state index contributed by atoms with van der Waals surface area (Å²) in [7, 11) is 0. The van der Waals surface area contributed by atoms with Crippen molar-refractivity contribution in [3.8, 4) is 17.1 Å². The molecule has 2 aromatic carbocycles. The van der Waals surface area contributed by atoms with Gasteiger partial charge in [-0.2, -0.15) is 0 Å². The Morgan fingerprint density at radius 1 is 0.920 bits per heavy atom. The maximum Gasteiger partial charge on any atom is 0.308 e. The van der Waals surface area contributed by atoms with Crippen molar-refractivity contribution in [2.75, 3.05) is 0 Å². The molecule has 0 saturated heterocycles. The van der Waals surface area contributed by atoms with E-state index in [4.69, 9.17) is 4.74 Å². The van der Waals surface area contributed by atoms with Crippen LogP contribution in [-0.2, 0) is 11.2 Å². The summed E-state index contributed by atoms with van der Waals surface area (Å²) in [6.45, 7) is 1.35. The molecule has 0 bridgehead atoms. The summed E-state index contributed by atoms with van der Waals surface area (Å²) in [5, 5.41) is 0. The normalized spacial score (nSPS) is 10.3. The van der Waals surface area contributed by atoms with Gasteiger partial charge in [-0.3, -0.25) is 9.59 Å². The van der Waals surface area contributed by atoms with E-state index in [1.807, 2.05) is 18.2 Å². The lowest BCUT2D eigenvalue weighted by Gasteiger charge is -2.05. The number of benzene rings is 2. The first-order chi connectivity index (χ1) is 12.1. The Hall–Kier alpha value is -3.34. The molecule has 3 rings (SSSR count). The summed E-state index contributed by atoms with van der Waals surface area (Å²) in [5.41, 5.74) is 2.23. The number of esters is 1. The van der Waals surface area contributed by atoms with E-state index in [-0.39, 0.29) is 18.2 Å². The third-order valence-electron chi connectivity index (χ3n) is 3.54. The maximum absolute atomic E-state index is 12.2. The number of hydrogen-bond donors (Lipinski definition) is 0. The monoisotopic (exact) mass is 332 g/mol. The van der Waals surface area contributed by atoms with Gasteiger partial charge in [-0.1, -0.05) is 30.3 Å². The van der Waals surface area contributed by atoms with Gasteiger partial charge in [-0.05, 0) is 29.8 Å². The number of Topliss-reactive ketones (excluding diaryl/α,β-unsaturated/α-hetero) is 1. The third kappa shape index (κ3) is 4.35. The lowest BCUT2D eigenvalue weighted by molar-refractivity contribution is -0.131. The van der Waals surface area contributed by atoms with Gasteiger partial charge in [-0.25, -0.2) is 9.97 Å². The summed E-state index contributed by atoms with van der Waals surface area (Å²) >= 11 is 0. The quantitative estimate of drug-likeness (QED) is 0.406. The molecule has 0 aliphatic rings. The van der Waals surface area contributed by atoms with E-state index in [1.54, 1.807) is 48.8 Å². The standard InChI is InChI=1S/C20H16N2O3/c1-14(23)25-18-9-7-17(8-10-18)20-21-12-15(13-22-20)11-19(24)16-5-3-2-4-6-16/h2-10,12-13H,11H2,1H3. The van der Waals surface area contributed by atoms with Crippen LogP contribution in [0.5, 0.6) is 5.75 Å². The van der Waals surface area contributed by atoms with Gasteiger partial charge in [0.2, 0.25) is 0 Å². The van der Waals surface area contributed by atoms with E-state index >= 15 is 0 Å².